The number of likely N-dealkylation sites (tertiary alicyclic amines) is 1. The summed E-state index contributed by atoms with van der Waals surface area (Å²) in [6.07, 6.45) is 14.6. The van der Waals surface area contributed by atoms with Crippen molar-refractivity contribution in [1.29, 1.82) is 0 Å². The van der Waals surface area contributed by atoms with Gasteiger partial charge in [0.1, 0.15) is 11.9 Å². The van der Waals surface area contributed by atoms with Crippen LogP contribution in [-0.2, 0) is 42.6 Å². The van der Waals surface area contributed by atoms with E-state index < -0.39 is 17.8 Å². The number of amides is 3. The quantitative estimate of drug-likeness (QED) is 0.133. The Morgan fingerprint density at radius 3 is 2.39 bits per heavy atom. The summed E-state index contributed by atoms with van der Waals surface area (Å²) in [7, 11) is 1.99. The van der Waals surface area contributed by atoms with Gasteiger partial charge >= 0.3 is 0 Å². The molecule has 4 fully saturated rings. The standard InChI is InChI=1S/C45H53ClFN9O3/c1-54-40(20-28-4-5-28)36(23-50-54)42-38(46)24-49-45(53-42)51-33-10-8-32(9-11-33)48-17-14-27-2-6-29(7-3-27)25-55-18-15-30(16-19-55)34-21-31(47)22-35-37(34)26-56(44(35)59)39-12-13-41(57)52-43(39)58/h2-3,6-7,21-24,28,30,32-33,39,48H,4-5,8-20,25-26H2,1H3,(H,49,51,53)(H,52,57,58). The molecule has 310 valence electrons. The monoisotopic (exact) mass is 821 g/mol. The minimum atomic E-state index is -0.710. The first-order valence-corrected chi connectivity index (χ1v) is 21.8. The molecule has 1 atom stereocenters. The number of carbonyl (C=O) groups is 3. The van der Waals surface area contributed by atoms with E-state index in [-0.39, 0.29) is 37.1 Å². The van der Waals surface area contributed by atoms with Crippen molar-refractivity contribution in [2.45, 2.75) is 114 Å². The predicted octanol–water partition coefficient (Wildman–Crippen LogP) is 6.32. The van der Waals surface area contributed by atoms with Gasteiger partial charge in [-0.25, -0.2) is 14.4 Å². The zero-order chi connectivity index (χ0) is 40.6. The zero-order valence-corrected chi connectivity index (χ0v) is 34.4. The van der Waals surface area contributed by atoms with E-state index in [0.717, 1.165) is 106 Å². The fraction of sp³-hybridized carbons (Fsp3) is 0.511. The lowest BCUT2D eigenvalue weighted by Gasteiger charge is -2.33. The van der Waals surface area contributed by atoms with Gasteiger partial charge in [-0.05, 0) is 136 Å². The molecule has 4 aromatic rings. The molecular formula is C45H53ClFN9O3. The van der Waals surface area contributed by atoms with Gasteiger partial charge < -0.3 is 15.5 Å². The summed E-state index contributed by atoms with van der Waals surface area (Å²) in [4.78, 5) is 50.9. The van der Waals surface area contributed by atoms with Gasteiger partial charge in [0.15, 0.2) is 0 Å². The van der Waals surface area contributed by atoms with Crippen LogP contribution in [0.2, 0.25) is 5.02 Å². The summed E-state index contributed by atoms with van der Waals surface area (Å²) in [5, 5.41) is 14.8. The van der Waals surface area contributed by atoms with Crippen LogP contribution in [0.1, 0.15) is 108 Å². The molecule has 3 N–H and O–H groups in total. The number of hydrogen-bond donors (Lipinski definition) is 3. The van der Waals surface area contributed by atoms with Crippen molar-refractivity contribution >= 4 is 35.3 Å². The molecule has 0 radical (unpaired) electrons. The van der Waals surface area contributed by atoms with E-state index in [1.165, 1.54) is 40.6 Å². The molecule has 2 saturated carbocycles. The van der Waals surface area contributed by atoms with Gasteiger partial charge in [0, 0.05) is 55.5 Å². The Hall–Kier alpha value is -4.72. The summed E-state index contributed by atoms with van der Waals surface area (Å²) in [5.74, 6) is -0.0287. The lowest BCUT2D eigenvalue weighted by molar-refractivity contribution is -0.136. The average molecular weight is 822 g/mol. The maximum atomic E-state index is 14.9. The van der Waals surface area contributed by atoms with Crippen LogP contribution in [0.25, 0.3) is 11.3 Å². The van der Waals surface area contributed by atoms with Gasteiger partial charge in [-0.3, -0.25) is 29.3 Å². The third-order valence-electron chi connectivity index (χ3n) is 13.3. The van der Waals surface area contributed by atoms with E-state index in [0.29, 0.717) is 28.6 Å². The van der Waals surface area contributed by atoms with Crippen molar-refractivity contribution < 1.29 is 18.8 Å². The Kier molecular flexibility index (Phi) is 11.5. The van der Waals surface area contributed by atoms with Crippen molar-refractivity contribution in [3.63, 3.8) is 0 Å². The summed E-state index contributed by atoms with van der Waals surface area (Å²) in [6, 6.07) is 11.9. The number of aryl methyl sites for hydroxylation is 1. The number of anilines is 1. The van der Waals surface area contributed by atoms with Crippen LogP contribution in [0.5, 0.6) is 0 Å². The number of nitrogens with one attached hydrogen (secondary N) is 3. The highest BCUT2D eigenvalue weighted by Gasteiger charge is 2.41. The van der Waals surface area contributed by atoms with Crippen molar-refractivity contribution in [2.75, 3.05) is 25.0 Å². The van der Waals surface area contributed by atoms with Crippen LogP contribution < -0.4 is 16.0 Å². The van der Waals surface area contributed by atoms with Crippen molar-refractivity contribution in [1.82, 2.24) is 40.2 Å². The maximum Gasteiger partial charge on any atom is 0.255 e. The van der Waals surface area contributed by atoms with Crippen LogP contribution in [0.4, 0.5) is 10.3 Å². The minimum absolute atomic E-state index is 0.139. The molecule has 5 aliphatic rings. The van der Waals surface area contributed by atoms with E-state index in [1.807, 2.05) is 17.9 Å². The number of benzene rings is 2. The molecule has 2 saturated heterocycles. The number of hydrogen-bond acceptors (Lipinski definition) is 9. The summed E-state index contributed by atoms with van der Waals surface area (Å²) < 4.78 is 16.8. The molecule has 2 aliphatic carbocycles. The van der Waals surface area contributed by atoms with Gasteiger partial charge in [0.05, 0.1) is 23.1 Å². The van der Waals surface area contributed by atoms with Gasteiger partial charge in [-0.15, -0.1) is 0 Å². The Morgan fingerprint density at radius 1 is 0.898 bits per heavy atom. The lowest BCUT2D eigenvalue weighted by atomic mass is 9.85. The first-order valence-electron chi connectivity index (χ1n) is 21.5. The molecule has 0 bridgehead atoms. The number of carbonyl (C=O) groups excluding carboxylic acids is 3. The van der Waals surface area contributed by atoms with Crippen molar-refractivity contribution in [3.8, 4) is 11.3 Å². The van der Waals surface area contributed by atoms with Crippen LogP contribution in [0.3, 0.4) is 0 Å². The minimum Gasteiger partial charge on any atom is -0.351 e. The Balaban J connectivity index is 0.707. The predicted molar refractivity (Wildman–Crippen MR) is 223 cm³/mol. The SMILES string of the molecule is Cn1ncc(-c2nc(NC3CCC(NCCc4ccc(CN5CCC(c6cc(F)cc7c6CN(C6CCC(=O)NC6=O)C7=O)CC5)cc4)CC3)ncc2Cl)c1CC1CC1. The van der Waals surface area contributed by atoms with Gasteiger partial charge in [0.2, 0.25) is 17.8 Å². The van der Waals surface area contributed by atoms with Crippen molar-refractivity contribution in [2.24, 2.45) is 13.0 Å². The third kappa shape index (κ3) is 8.93. The van der Waals surface area contributed by atoms with Crippen LogP contribution in [-0.4, -0.2) is 85.0 Å². The first-order chi connectivity index (χ1) is 28.6. The molecule has 3 amide bonds. The molecule has 14 heteroatoms. The van der Waals surface area contributed by atoms with Gasteiger partial charge in [-0.2, -0.15) is 5.10 Å². The molecule has 59 heavy (non-hydrogen) atoms. The number of fused-ring (bicyclic) bond motifs is 1. The fourth-order valence-electron chi connectivity index (χ4n) is 9.66. The highest BCUT2D eigenvalue weighted by Crippen LogP contribution is 2.39. The normalized spacial score (nSPS) is 22.8. The Labute approximate surface area is 349 Å². The van der Waals surface area contributed by atoms with E-state index in [4.69, 9.17) is 16.6 Å². The zero-order valence-electron chi connectivity index (χ0n) is 33.7. The number of piperidine rings is 2. The lowest BCUT2D eigenvalue weighted by Crippen LogP contribution is -2.52. The molecule has 2 aromatic heterocycles. The summed E-state index contributed by atoms with van der Waals surface area (Å²) in [5.41, 5.74) is 7.60. The third-order valence-corrected chi connectivity index (χ3v) is 13.5. The molecule has 5 heterocycles. The maximum absolute atomic E-state index is 14.9. The molecule has 3 aliphatic heterocycles. The summed E-state index contributed by atoms with van der Waals surface area (Å²) in [6.45, 7) is 3.83. The average Bonchev–Trinajstić information content (AvgIpc) is 3.91. The van der Waals surface area contributed by atoms with Crippen molar-refractivity contribution in [3.05, 3.63) is 93.1 Å². The molecule has 9 rings (SSSR count). The largest absolute Gasteiger partial charge is 0.351 e. The second kappa shape index (κ2) is 17.1. The smallest absolute Gasteiger partial charge is 0.255 e. The number of nitrogens with zero attached hydrogens (tertiary/aromatic N) is 6. The number of halogens is 2. The second-order valence-electron chi connectivity index (χ2n) is 17.4. The molecule has 12 nitrogen and oxygen atoms in total. The topological polar surface area (TPSA) is 137 Å². The molecule has 1 unspecified atom stereocenters. The Morgan fingerprint density at radius 2 is 1.64 bits per heavy atom. The Bertz CT molecular complexity index is 2210. The van der Waals surface area contributed by atoms with Crippen LogP contribution in [0, 0.1) is 11.7 Å². The van der Waals surface area contributed by atoms with Gasteiger partial charge in [-0.1, -0.05) is 35.9 Å². The highest BCUT2D eigenvalue weighted by molar-refractivity contribution is 6.33. The van der Waals surface area contributed by atoms with E-state index in [1.54, 1.807) is 12.3 Å². The van der Waals surface area contributed by atoms with Crippen LogP contribution in [0.15, 0.2) is 48.8 Å². The first kappa shape index (κ1) is 39.7. The van der Waals surface area contributed by atoms with E-state index in [2.05, 4.69) is 55.2 Å². The fourth-order valence-corrected chi connectivity index (χ4v) is 9.85. The summed E-state index contributed by atoms with van der Waals surface area (Å²) >= 11 is 6.60. The molecule has 2 aromatic carbocycles. The number of aromatic nitrogens is 4. The highest BCUT2D eigenvalue weighted by atomic mass is 35.5. The van der Waals surface area contributed by atoms with Crippen LogP contribution >= 0.6 is 11.6 Å². The second-order valence-corrected chi connectivity index (χ2v) is 17.8. The van der Waals surface area contributed by atoms with Gasteiger partial charge in [0.25, 0.3) is 5.91 Å². The number of rotatable bonds is 13. The molecule has 0 spiro atoms. The molecular weight excluding hydrogens is 769 g/mol. The van der Waals surface area contributed by atoms with E-state index >= 15 is 0 Å². The number of imide groups is 1. The van der Waals surface area contributed by atoms with E-state index in [9.17, 15) is 18.8 Å².